The number of oxime groups is 1. The first-order chi connectivity index (χ1) is 9.93. The van der Waals surface area contributed by atoms with Crippen LogP contribution in [0.4, 0.5) is 0 Å². The van der Waals surface area contributed by atoms with Gasteiger partial charge in [0.1, 0.15) is 5.84 Å². The van der Waals surface area contributed by atoms with E-state index in [0.717, 1.165) is 5.56 Å². The first-order valence-corrected chi connectivity index (χ1v) is 8.72. The zero-order valence-corrected chi connectivity index (χ0v) is 12.8. The topological polar surface area (TPSA) is 96.0 Å². The molecule has 0 amide bonds. The van der Waals surface area contributed by atoms with Crippen molar-refractivity contribution >= 4 is 15.7 Å². The second-order valence-corrected chi connectivity index (χ2v) is 7.68. The first-order valence-electron chi connectivity index (χ1n) is 6.90. The summed E-state index contributed by atoms with van der Waals surface area (Å²) in [6.07, 6.45) is 0. The Morgan fingerprint density at radius 1 is 1.48 bits per heavy atom. The van der Waals surface area contributed by atoms with E-state index >= 15 is 0 Å². The van der Waals surface area contributed by atoms with Crippen molar-refractivity contribution in [2.45, 2.75) is 18.9 Å². The first kappa shape index (κ1) is 15.8. The summed E-state index contributed by atoms with van der Waals surface area (Å²) >= 11 is 0. The van der Waals surface area contributed by atoms with Gasteiger partial charge in [-0.25, -0.2) is 8.42 Å². The molecular formula is C14H21N3O3S. The van der Waals surface area contributed by atoms with Crippen molar-refractivity contribution in [3.63, 3.8) is 0 Å². The van der Waals surface area contributed by atoms with E-state index < -0.39 is 9.84 Å². The van der Waals surface area contributed by atoms with E-state index in [9.17, 15) is 8.42 Å². The summed E-state index contributed by atoms with van der Waals surface area (Å²) in [4.78, 5) is 2.08. The van der Waals surface area contributed by atoms with Crippen molar-refractivity contribution in [2.24, 2.45) is 10.9 Å². The zero-order valence-electron chi connectivity index (χ0n) is 12.0. The van der Waals surface area contributed by atoms with Gasteiger partial charge in [-0.2, -0.15) is 0 Å². The van der Waals surface area contributed by atoms with Crippen LogP contribution in [0.1, 0.15) is 18.4 Å². The fourth-order valence-electron chi connectivity index (χ4n) is 2.66. The van der Waals surface area contributed by atoms with Crippen LogP contribution in [0.15, 0.2) is 35.5 Å². The molecule has 1 aromatic carbocycles. The third-order valence-corrected chi connectivity index (χ3v) is 5.69. The van der Waals surface area contributed by atoms with E-state index in [1.165, 1.54) is 0 Å². The fourth-order valence-corrected chi connectivity index (χ4v) is 4.29. The van der Waals surface area contributed by atoms with Crippen LogP contribution < -0.4 is 5.73 Å². The Morgan fingerprint density at radius 2 is 2.14 bits per heavy atom. The van der Waals surface area contributed by atoms with E-state index in [1.54, 1.807) is 0 Å². The van der Waals surface area contributed by atoms with Crippen molar-refractivity contribution < 1.29 is 13.6 Å². The highest BCUT2D eigenvalue weighted by molar-refractivity contribution is 7.91. The van der Waals surface area contributed by atoms with Crippen LogP contribution in [-0.4, -0.2) is 55.0 Å². The minimum absolute atomic E-state index is 0.0681. The molecule has 116 valence electrons. The molecule has 1 heterocycles. The van der Waals surface area contributed by atoms with E-state index in [-0.39, 0.29) is 29.3 Å². The molecule has 0 spiro atoms. The quantitative estimate of drug-likeness (QED) is 0.368. The van der Waals surface area contributed by atoms with Crippen LogP contribution in [0.25, 0.3) is 0 Å². The minimum Gasteiger partial charge on any atom is -0.409 e. The molecule has 1 aromatic rings. The number of rotatable bonds is 4. The Morgan fingerprint density at radius 3 is 2.71 bits per heavy atom. The van der Waals surface area contributed by atoms with E-state index in [4.69, 9.17) is 10.9 Å². The Labute approximate surface area is 125 Å². The van der Waals surface area contributed by atoms with Gasteiger partial charge in [0.15, 0.2) is 9.84 Å². The predicted octanol–water partition coefficient (Wildman–Crippen LogP) is 0.636. The minimum atomic E-state index is -2.94. The number of hydrogen-bond acceptors (Lipinski definition) is 5. The van der Waals surface area contributed by atoms with E-state index in [0.29, 0.717) is 13.1 Å². The van der Waals surface area contributed by atoms with Gasteiger partial charge in [-0.05, 0) is 12.5 Å². The zero-order chi connectivity index (χ0) is 15.5. The molecule has 6 nitrogen and oxygen atoms in total. The van der Waals surface area contributed by atoms with Crippen LogP contribution in [-0.2, 0) is 9.84 Å². The van der Waals surface area contributed by atoms with Crippen molar-refractivity contribution in [1.29, 1.82) is 0 Å². The standard InChI is InChI=1S/C14H21N3O3S/c1-11-10-21(19,20)8-7-17(11)9-13(14(15)16-18)12-5-3-2-4-6-12/h2-6,11,13,18H,7-10H2,1H3,(H2,15,16). The smallest absolute Gasteiger partial charge is 0.153 e. The monoisotopic (exact) mass is 311 g/mol. The summed E-state index contributed by atoms with van der Waals surface area (Å²) in [5, 5.41) is 12.1. The molecule has 1 aliphatic heterocycles. The van der Waals surface area contributed by atoms with Gasteiger partial charge in [0.05, 0.1) is 17.4 Å². The molecule has 1 saturated heterocycles. The molecule has 2 rings (SSSR count). The highest BCUT2D eigenvalue weighted by atomic mass is 32.2. The molecule has 3 N–H and O–H groups in total. The molecule has 7 heteroatoms. The average molecular weight is 311 g/mol. The lowest BCUT2D eigenvalue weighted by Gasteiger charge is -2.35. The highest BCUT2D eigenvalue weighted by Gasteiger charge is 2.31. The van der Waals surface area contributed by atoms with Gasteiger partial charge in [0, 0.05) is 19.1 Å². The van der Waals surface area contributed by atoms with Gasteiger partial charge < -0.3 is 10.9 Å². The number of sulfone groups is 1. The lowest BCUT2D eigenvalue weighted by molar-refractivity contribution is 0.222. The second-order valence-electron chi connectivity index (χ2n) is 5.45. The number of nitrogens with zero attached hydrogens (tertiary/aromatic N) is 2. The van der Waals surface area contributed by atoms with Crippen LogP contribution in [0.2, 0.25) is 0 Å². The van der Waals surface area contributed by atoms with Crippen molar-refractivity contribution in [3.05, 3.63) is 35.9 Å². The Hall–Kier alpha value is -1.60. The Kier molecular flexibility index (Phi) is 4.84. The number of nitrogens with two attached hydrogens (primary N) is 1. The van der Waals surface area contributed by atoms with Gasteiger partial charge in [-0.15, -0.1) is 0 Å². The number of benzene rings is 1. The maximum atomic E-state index is 11.6. The van der Waals surface area contributed by atoms with Crippen LogP contribution in [0.3, 0.4) is 0 Å². The van der Waals surface area contributed by atoms with Gasteiger partial charge in [0.25, 0.3) is 0 Å². The maximum Gasteiger partial charge on any atom is 0.153 e. The normalized spacial score (nSPS) is 24.6. The summed E-state index contributed by atoms with van der Waals surface area (Å²) in [7, 11) is -2.94. The molecule has 2 unspecified atom stereocenters. The van der Waals surface area contributed by atoms with Crippen molar-refractivity contribution in [3.8, 4) is 0 Å². The van der Waals surface area contributed by atoms with Crippen LogP contribution >= 0.6 is 0 Å². The molecule has 2 atom stereocenters. The molecule has 1 fully saturated rings. The fraction of sp³-hybridized carbons (Fsp3) is 0.500. The third-order valence-electron chi connectivity index (χ3n) is 3.90. The van der Waals surface area contributed by atoms with Crippen LogP contribution in [0, 0.1) is 0 Å². The maximum absolute atomic E-state index is 11.6. The van der Waals surface area contributed by atoms with E-state index in [1.807, 2.05) is 37.3 Å². The summed E-state index contributed by atoms with van der Waals surface area (Å²) in [5.74, 6) is 0.209. The summed E-state index contributed by atoms with van der Waals surface area (Å²) in [5.41, 5.74) is 6.77. The predicted molar refractivity (Wildman–Crippen MR) is 82.3 cm³/mol. The summed E-state index contributed by atoms with van der Waals surface area (Å²) in [6.45, 7) is 2.91. The molecule has 1 aliphatic rings. The number of hydrogen-bond donors (Lipinski definition) is 2. The van der Waals surface area contributed by atoms with Crippen LogP contribution in [0.5, 0.6) is 0 Å². The average Bonchev–Trinajstić information content (AvgIpc) is 2.46. The van der Waals surface area contributed by atoms with Gasteiger partial charge in [-0.1, -0.05) is 35.5 Å². The molecule has 0 radical (unpaired) electrons. The van der Waals surface area contributed by atoms with Gasteiger partial charge >= 0.3 is 0 Å². The summed E-state index contributed by atoms with van der Waals surface area (Å²) < 4.78 is 23.3. The van der Waals surface area contributed by atoms with Crippen molar-refractivity contribution in [2.75, 3.05) is 24.6 Å². The second kappa shape index (κ2) is 6.44. The number of amidine groups is 1. The van der Waals surface area contributed by atoms with Gasteiger partial charge in [-0.3, -0.25) is 4.90 Å². The Bertz CT molecular complexity index is 601. The molecular weight excluding hydrogens is 290 g/mol. The molecule has 21 heavy (non-hydrogen) atoms. The molecule has 0 saturated carbocycles. The van der Waals surface area contributed by atoms with Crippen molar-refractivity contribution in [1.82, 2.24) is 4.90 Å². The lowest BCUT2D eigenvalue weighted by Crippen LogP contribution is -2.49. The highest BCUT2D eigenvalue weighted by Crippen LogP contribution is 2.21. The Balaban J connectivity index is 2.17. The van der Waals surface area contributed by atoms with E-state index in [2.05, 4.69) is 10.1 Å². The lowest BCUT2D eigenvalue weighted by atomic mass is 9.97. The largest absolute Gasteiger partial charge is 0.409 e. The summed E-state index contributed by atoms with van der Waals surface area (Å²) in [6, 6.07) is 9.49. The SMILES string of the molecule is CC1CS(=O)(=O)CCN1CC(/C(N)=N/O)c1ccccc1. The molecule has 0 aromatic heterocycles. The third kappa shape index (κ3) is 3.95. The molecule has 0 aliphatic carbocycles. The molecule has 0 bridgehead atoms. The van der Waals surface area contributed by atoms with Gasteiger partial charge in [0.2, 0.25) is 0 Å².